The number of benzene rings is 1. The van der Waals surface area contributed by atoms with Crippen molar-refractivity contribution >= 4 is 5.91 Å². The van der Waals surface area contributed by atoms with Crippen LogP contribution in [0, 0.1) is 0 Å². The van der Waals surface area contributed by atoms with Crippen molar-refractivity contribution in [1.29, 1.82) is 0 Å². The lowest BCUT2D eigenvalue weighted by atomic mass is 10.2. The summed E-state index contributed by atoms with van der Waals surface area (Å²) in [6.45, 7) is 3.44. The first-order chi connectivity index (χ1) is 12.7. The van der Waals surface area contributed by atoms with Crippen LogP contribution in [0.15, 0.2) is 65.8 Å². The van der Waals surface area contributed by atoms with Crippen molar-refractivity contribution in [2.75, 3.05) is 6.54 Å². The van der Waals surface area contributed by atoms with Crippen LogP contribution in [0.25, 0.3) is 5.69 Å². The first-order valence-electron chi connectivity index (χ1n) is 8.75. The van der Waals surface area contributed by atoms with E-state index in [0.717, 1.165) is 30.9 Å². The van der Waals surface area contributed by atoms with Crippen molar-refractivity contribution in [3.63, 3.8) is 0 Å². The molecule has 0 aliphatic heterocycles. The molecular formula is C20H22N4O2. The molecule has 0 saturated heterocycles. The number of aromatic nitrogens is 3. The van der Waals surface area contributed by atoms with E-state index in [-0.39, 0.29) is 11.5 Å². The molecule has 1 amide bonds. The maximum absolute atomic E-state index is 12.4. The number of carbonyl (C=O) groups excluding carboxylic acids is 1. The number of carbonyl (C=O) groups is 1. The molecule has 6 heteroatoms. The highest BCUT2D eigenvalue weighted by Gasteiger charge is 2.08. The number of pyridine rings is 1. The van der Waals surface area contributed by atoms with Gasteiger partial charge in [0.05, 0.1) is 5.56 Å². The van der Waals surface area contributed by atoms with Crippen molar-refractivity contribution < 1.29 is 4.79 Å². The monoisotopic (exact) mass is 350 g/mol. The highest BCUT2D eigenvalue weighted by Crippen LogP contribution is 2.06. The fourth-order valence-corrected chi connectivity index (χ4v) is 2.82. The molecule has 6 nitrogen and oxygen atoms in total. The Kier molecular flexibility index (Phi) is 5.63. The largest absolute Gasteiger partial charge is 0.352 e. The molecule has 2 heterocycles. The van der Waals surface area contributed by atoms with E-state index in [9.17, 15) is 9.59 Å². The molecule has 2 aromatic heterocycles. The third-order valence-corrected chi connectivity index (χ3v) is 4.19. The lowest BCUT2D eigenvalue weighted by Crippen LogP contribution is -2.27. The van der Waals surface area contributed by atoms with Gasteiger partial charge in [0, 0.05) is 49.9 Å². The van der Waals surface area contributed by atoms with E-state index in [0.29, 0.717) is 12.1 Å². The van der Waals surface area contributed by atoms with Crippen LogP contribution in [0.1, 0.15) is 29.5 Å². The molecule has 0 aliphatic rings. The molecule has 0 aliphatic carbocycles. The average molecular weight is 350 g/mol. The van der Waals surface area contributed by atoms with Gasteiger partial charge in [-0.15, -0.1) is 0 Å². The van der Waals surface area contributed by atoms with Crippen LogP contribution in [0.5, 0.6) is 0 Å². The van der Waals surface area contributed by atoms with E-state index < -0.39 is 0 Å². The number of hydrogen-bond donors (Lipinski definition) is 1. The first-order valence-corrected chi connectivity index (χ1v) is 8.75. The van der Waals surface area contributed by atoms with Gasteiger partial charge in [0.25, 0.3) is 11.5 Å². The lowest BCUT2D eigenvalue weighted by Gasteiger charge is -2.10. The SMILES string of the molecule is CCc1nccn1CCCNC(=O)c1ccc(=O)n(-c2ccccc2)c1. The first kappa shape index (κ1) is 17.7. The molecule has 3 aromatic rings. The molecule has 0 atom stereocenters. The van der Waals surface area contributed by atoms with Crippen LogP contribution in [-0.2, 0) is 13.0 Å². The molecule has 0 bridgehead atoms. The number of imidazole rings is 1. The van der Waals surface area contributed by atoms with Gasteiger partial charge in [0.2, 0.25) is 0 Å². The summed E-state index contributed by atoms with van der Waals surface area (Å²) in [6, 6.07) is 12.2. The van der Waals surface area contributed by atoms with Gasteiger partial charge in [0.1, 0.15) is 5.82 Å². The highest BCUT2D eigenvalue weighted by atomic mass is 16.2. The van der Waals surface area contributed by atoms with Gasteiger partial charge in [-0.25, -0.2) is 4.98 Å². The van der Waals surface area contributed by atoms with Gasteiger partial charge in [-0.3, -0.25) is 14.2 Å². The van der Waals surface area contributed by atoms with Crippen LogP contribution < -0.4 is 10.9 Å². The molecule has 134 valence electrons. The molecule has 0 spiro atoms. The summed E-state index contributed by atoms with van der Waals surface area (Å²) in [5, 5.41) is 2.91. The minimum Gasteiger partial charge on any atom is -0.352 e. The van der Waals surface area contributed by atoms with E-state index in [2.05, 4.69) is 21.8 Å². The second kappa shape index (κ2) is 8.29. The van der Waals surface area contributed by atoms with Crippen LogP contribution >= 0.6 is 0 Å². The van der Waals surface area contributed by atoms with Gasteiger partial charge in [-0.1, -0.05) is 25.1 Å². The Morgan fingerprint density at radius 3 is 2.73 bits per heavy atom. The number of rotatable bonds is 7. The Labute approximate surface area is 152 Å². The van der Waals surface area contributed by atoms with E-state index in [4.69, 9.17) is 0 Å². The Bertz CT molecular complexity index is 928. The molecule has 0 fully saturated rings. The summed E-state index contributed by atoms with van der Waals surface area (Å²) in [6.07, 6.45) is 7.03. The summed E-state index contributed by atoms with van der Waals surface area (Å²) >= 11 is 0. The minimum absolute atomic E-state index is 0.167. The van der Waals surface area contributed by atoms with Crippen molar-refractivity contribution in [2.45, 2.75) is 26.3 Å². The maximum atomic E-state index is 12.4. The Balaban J connectivity index is 1.61. The molecule has 1 N–H and O–H groups in total. The molecule has 0 saturated carbocycles. The van der Waals surface area contributed by atoms with Crippen molar-refractivity contribution in [1.82, 2.24) is 19.4 Å². The predicted octanol–water partition coefficient (Wildman–Crippen LogP) is 2.42. The Hall–Kier alpha value is -3.15. The fourth-order valence-electron chi connectivity index (χ4n) is 2.82. The van der Waals surface area contributed by atoms with Gasteiger partial charge in [-0.05, 0) is 24.6 Å². The predicted molar refractivity (Wildman–Crippen MR) is 101 cm³/mol. The summed E-state index contributed by atoms with van der Waals surface area (Å²) in [5.74, 6) is 0.863. The molecule has 1 aromatic carbocycles. The Morgan fingerprint density at radius 1 is 1.15 bits per heavy atom. The minimum atomic E-state index is -0.184. The summed E-state index contributed by atoms with van der Waals surface area (Å²) in [7, 11) is 0. The molecule has 3 rings (SSSR count). The van der Waals surface area contributed by atoms with Crippen molar-refractivity contribution in [3.8, 4) is 5.69 Å². The second-order valence-electron chi connectivity index (χ2n) is 5.96. The third kappa shape index (κ3) is 4.08. The van der Waals surface area contributed by atoms with Gasteiger partial charge in [0.15, 0.2) is 0 Å². The Morgan fingerprint density at radius 2 is 1.96 bits per heavy atom. The van der Waals surface area contributed by atoms with Crippen molar-refractivity contribution in [2.24, 2.45) is 0 Å². The number of amides is 1. The van der Waals surface area contributed by atoms with Gasteiger partial charge in [-0.2, -0.15) is 0 Å². The number of hydrogen-bond acceptors (Lipinski definition) is 3. The van der Waals surface area contributed by atoms with E-state index >= 15 is 0 Å². The summed E-state index contributed by atoms with van der Waals surface area (Å²) in [4.78, 5) is 28.7. The smallest absolute Gasteiger partial charge is 0.255 e. The van der Waals surface area contributed by atoms with E-state index in [1.54, 1.807) is 18.5 Å². The molecular weight excluding hydrogens is 328 g/mol. The van der Waals surface area contributed by atoms with Crippen LogP contribution in [0.2, 0.25) is 0 Å². The number of aryl methyl sites for hydroxylation is 2. The molecule has 26 heavy (non-hydrogen) atoms. The van der Waals surface area contributed by atoms with Crippen molar-refractivity contribution in [3.05, 3.63) is 82.8 Å². The number of para-hydroxylation sites is 1. The molecule has 0 unspecified atom stereocenters. The average Bonchev–Trinajstić information content (AvgIpc) is 3.13. The normalized spacial score (nSPS) is 10.7. The van der Waals surface area contributed by atoms with Crippen LogP contribution in [0.3, 0.4) is 0 Å². The quantitative estimate of drug-likeness (QED) is 0.665. The van der Waals surface area contributed by atoms with Gasteiger partial charge < -0.3 is 9.88 Å². The second-order valence-corrected chi connectivity index (χ2v) is 5.96. The third-order valence-electron chi connectivity index (χ3n) is 4.19. The van der Waals surface area contributed by atoms with Crippen LogP contribution in [0.4, 0.5) is 0 Å². The number of nitrogens with zero attached hydrogens (tertiary/aromatic N) is 3. The summed E-state index contributed by atoms with van der Waals surface area (Å²) in [5.41, 5.74) is 1.03. The summed E-state index contributed by atoms with van der Waals surface area (Å²) < 4.78 is 3.58. The number of nitrogens with one attached hydrogen (secondary N) is 1. The van der Waals surface area contributed by atoms with Crippen LogP contribution in [-0.4, -0.2) is 26.6 Å². The lowest BCUT2D eigenvalue weighted by molar-refractivity contribution is 0.0952. The zero-order valence-corrected chi connectivity index (χ0v) is 14.8. The maximum Gasteiger partial charge on any atom is 0.255 e. The topological polar surface area (TPSA) is 68.9 Å². The zero-order chi connectivity index (χ0) is 18.4. The van der Waals surface area contributed by atoms with E-state index in [1.807, 2.05) is 36.5 Å². The highest BCUT2D eigenvalue weighted by molar-refractivity contribution is 5.93. The standard InChI is InChI=1S/C20H22N4O2/c1-2-18-21-12-14-23(18)13-6-11-22-20(26)16-9-10-19(25)24(15-16)17-7-4-3-5-8-17/h3-5,7-10,12,14-15H,2,6,11,13H2,1H3,(H,22,26). The fraction of sp³-hybridized carbons (Fsp3) is 0.250. The zero-order valence-electron chi connectivity index (χ0n) is 14.8. The van der Waals surface area contributed by atoms with E-state index in [1.165, 1.54) is 10.6 Å². The van der Waals surface area contributed by atoms with Gasteiger partial charge >= 0.3 is 0 Å². The molecule has 0 radical (unpaired) electrons.